The van der Waals surface area contributed by atoms with Crippen molar-refractivity contribution in [2.45, 2.75) is 0 Å². The number of aromatic hydroxyl groups is 1. The number of nitrogens with zero attached hydrogens (tertiary/aromatic N) is 1. The number of phenolic OH excluding ortho intramolecular Hbond substituents is 1. The van der Waals surface area contributed by atoms with E-state index in [-0.39, 0.29) is 5.75 Å². The van der Waals surface area contributed by atoms with Crippen LogP contribution in [0.25, 0.3) is 0 Å². The van der Waals surface area contributed by atoms with Crippen LogP contribution in [0.5, 0.6) is 17.2 Å². The molecule has 1 heterocycles. The van der Waals surface area contributed by atoms with Gasteiger partial charge in [-0.15, -0.1) is 0 Å². The summed E-state index contributed by atoms with van der Waals surface area (Å²) in [5.41, 5.74) is 0. The van der Waals surface area contributed by atoms with Crippen molar-refractivity contribution < 1.29 is 9.84 Å². The summed E-state index contributed by atoms with van der Waals surface area (Å²) in [6.07, 6.45) is 1.61. The molecule has 0 amide bonds. The van der Waals surface area contributed by atoms with E-state index in [4.69, 9.17) is 4.74 Å². The summed E-state index contributed by atoms with van der Waals surface area (Å²) in [6, 6.07) is 6.82. The molecule has 0 unspecified atom stereocenters. The average molecular weight is 193 g/mol. The largest absolute Gasteiger partial charge is 0.504 e. The molecule has 66 valence electrons. The van der Waals surface area contributed by atoms with Gasteiger partial charge in [-0.1, -0.05) is 12.1 Å². The lowest BCUT2D eigenvalue weighted by molar-refractivity contribution is 0.412. The topological polar surface area (TPSA) is 42.4 Å². The van der Waals surface area contributed by atoms with Gasteiger partial charge in [-0.25, -0.2) is 0 Å². The lowest BCUT2D eigenvalue weighted by Gasteiger charge is -2.03. The molecule has 0 aliphatic heterocycles. The Hall–Kier alpha value is -1.55. The van der Waals surface area contributed by atoms with Crippen molar-refractivity contribution in [1.29, 1.82) is 0 Å². The number of phenols is 1. The van der Waals surface area contributed by atoms with Crippen LogP contribution >= 0.6 is 11.5 Å². The molecule has 0 radical (unpaired) electrons. The predicted molar refractivity (Wildman–Crippen MR) is 50.3 cm³/mol. The molecule has 13 heavy (non-hydrogen) atoms. The van der Waals surface area contributed by atoms with Crippen molar-refractivity contribution in [2.24, 2.45) is 0 Å². The van der Waals surface area contributed by atoms with Gasteiger partial charge in [-0.05, 0) is 23.7 Å². The summed E-state index contributed by atoms with van der Waals surface area (Å²) < 4.78 is 9.23. The van der Waals surface area contributed by atoms with Gasteiger partial charge in [0.15, 0.2) is 17.2 Å². The molecule has 4 heteroatoms. The normalized spacial score (nSPS) is 9.85. The molecule has 0 saturated heterocycles. The van der Waals surface area contributed by atoms with Gasteiger partial charge in [0.2, 0.25) is 0 Å². The fourth-order valence-electron chi connectivity index (χ4n) is 0.916. The van der Waals surface area contributed by atoms with Crippen LogP contribution in [-0.2, 0) is 0 Å². The number of hydrogen-bond donors (Lipinski definition) is 1. The molecule has 1 aromatic heterocycles. The third-order valence-corrected chi connectivity index (χ3v) is 2.07. The van der Waals surface area contributed by atoms with Crippen LogP contribution in [0.15, 0.2) is 35.8 Å². The average Bonchev–Trinajstić information content (AvgIpc) is 2.61. The molecular formula is C9H7NO2S. The van der Waals surface area contributed by atoms with Crippen molar-refractivity contribution in [2.75, 3.05) is 0 Å². The Labute approximate surface area is 79.4 Å². The Morgan fingerprint density at radius 2 is 2.15 bits per heavy atom. The van der Waals surface area contributed by atoms with Crippen molar-refractivity contribution in [1.82, 2.24) is 4.37 Å². The summed E-state index contributed by atoms with van der Waals surface area (Å²) in [7, 11) is 0. The van der Waals surface area contributed by atoms with E-state index in [0.717, 1.165) is 0 Å². The van der Waals surface area contributed by atoms with E-state index in [9.17, 15) is 5.11 Å². The highest BCUT2D eigenvalue weighted by molar-refractivity contribution is 7.03. The molecule has 0 atom stereocenters. The fourth-order valence-corrected chi connectivity index (χ4v) is 1.35. The molecule has 0 fully saturated rings. The third-order valence-electron chi connectivity index (χ3n) is 1.50. The van der Waals surface area contributed by atoms with Gasteiger partial charge >= 0.3 is 0 Å². The van der Waals surface area contributed by atoms with Crippen LogP contribution in [0.2, 0.25) is 0 Å². The molecular weight excluding hydrogens is 186 g/mol. The Balaban J connectivity index is 2.24. The van der Waals surface area contributed by atoms with Gasteiger partial charge in [0, 0.05) is 0 Å². The third kappa shape index (κ3) is 1.78. The van der Waals surface area contributed by atoms with Crippen molar-refractivity contribution in [3.63, 3.8) is 0 Å². The highest BCUT2D eigenvalue weighted by atomic mass is 32.1. The van der Waals surface area contributed by atoms with Gasteiger partial charge in [-0.3, -0.25) is 0 Å². The number of aromatic nitrogens is 1. The molecule has 0 aliphatic carbocycles. The standard InChI is InChI=1S/C9H7NO2S/c11-8-3-1-2-4-9(8)12-7-5-10-13-6-7/h1-6,11H. The van der Waals surface area contributed by atoms with Crippen LogP contribution in [0.4, 0.5) is 0 Å². The van der Waals surface area contributed by atoms with Crippen molar-refractivity contribution >= 4 is 11.5 Å². The van der Waals surface area contributed by atoms with Gasteiger partial charge in [0.05, 0.1) is 11.6 Å². The Bertz CT molecular complexity index is 386. The zero-order valence-electron chi connectivity index (χ0n) is 6.68. The number of para-hydroxylation sites is 2. The highest BCUT2D eigenvalue weighted by Crippen LogP contribution is 2.29. The zero-order chi connectivity index (χ0) is 9.10. The van der Waals surface area contributed by atoms with Crippen molar-refractivity contribution in [3.8, 4) is 17.2 Å². The highest BCUT2D eigenvalue weighted by Gasteiger charge is 2.02. The molecule has 0 aliphatic rings. The Morgan fingerprint density at radius 1 is 1.31 bits per heavy atom. The van der Waals surface area contributed by atoms with Gasteiger partial charge in [0.25, 0.3) is 0 Å². The van der Waals surface area contributed by atoms with Crippen molar-refractivity contribution in [3.05, 3.63) is 35.8 Å². The second-order valence-electron chi connectivity index (χ2n) is 2.43. The minimum atomic E-state index is 0.133. The molecule has 1 aromatic carbocycles. The van der Waals surface area contributed by atoms with Crippen LogP contribution in [0.1, 0.15) is 0 Å². The first kappa shape index (κ1) is 8.07. The van der Waals surface area contributed by atoms with Crippen LogP contribution in [0, 0.1) is 0 Å². The SMILES string of the molecule is Oc1ccccc1Oc1cnsc1. The van der Waals surface area contributed by atoms with Crippen LogP contribution in [-0.4, -0.2) is 9.48 Å². The molecule has 2 rings (SSSR count). The van der Waals surface area contributed by atoms with E-state index < -0.39 is 0 Å². The zero-order valence-corrected chi connectivity index (χ0v) is 7.49. The monoisotopic (exact) mass is 193 g/mol. The van der Waals surface area contributed by atoms with Crippen LogP contribution < -0.4 is 4.74 Å². The molecule has 3 nitrogen and oxygen atoms in total. The lowest BCUT2D eigenvalue weighted by atomic mass is 10.3. The quantitative estimate of drug-likeness (QED) is 0.797. The summed E-state index contributed by atoms with van der Waals surface area (Å²) >= 11 is 1.31. The van der Waals surface area contributed by atoms with Crippen LogP contribution in [0.3, 0.4) is 0 Å². The van der Waals surface area contributed by atoms with E-state index in [0.29, 0.717) is 11.5 Å². The molecule has 0 bridgehead atoms. The lowest BCUT2D eigenvalue weighted by Crippen LogP contribution is -1.81. The second-order valence-corrected chi connectivity index (χ2v) is 3.09. The molecule has 1 N–H and O–H groups in total. The first-order valence-corrected chi connectivity index (χ1v) is 4.55. The Morgan fingerprint density at radius 3 is 2.85 bits per heavy atom. The number of hydrogen-bond acceptors (Lipinski definition) is 4. The van der Waals surface area contributed by atoms with E-state index in [1.165, 1.54) is 11.5 Å². The van der Waals surface area contributed by atoms with Gasteiger partial charge < -0.3 is 9.84 Å². The summed E-state index contributed by atoms with van der Waals surface area (Å²) in [5.74, 6) is 1.22. The summed E-state index contributed by atoms with van der Waals surface area (Å²) in [6.45, 7) is 0. The number of ether oxygens (including phenoxy) is 1. The number of rotatable bonds is 2. The Kier molecular flexibility index (Phi) is 2.14. The predicted octanol–water partition coefficient (Wildman–Crippen LogP) is 2.64. The van der Waals surface area contributed by atoms with Gasteiger partial charge in [0.1, 0.15) is 0 Å². The molecule has 2 aromatic rings. The smallest absolute Gasteiger partial charge is 0.169 e. The molecule has 0 spiro atoms. The maximum Gasteiger partial charge on any atom is 0.169 e. The van der Waals surface area contributed by atoms with E-state index in [2.05, 4.69) is 4.37 Å². The first-order chi connectivity index (χ1) is 6.36. The minimum Gasteiger partial charge on any atom is -0.504 e. The maximum atomic E-state index is 9.37. The maximum absolute atomic E-state index is 9.37. The minimum absolute atomic E-state index is 0.133. The second kappa shape index (κ2) is 3.45. The summed E-state index contributed by atoms with van der Waals surface area (Å²) in [4.78, 5) is 0. The first-order valence-electron chi connectivity index (χ1n) is 3.71. The van der Waals surface area contributed by atoms with Gasteiger partial charge in [-0.2, -0.15) is 4.37 Å². The van der Waals surface area contributed by atoms with E-state index in [1.54, 1.807) is 35.8 Å². The molecule has 0 saturated carbocycles. The number of benzene rings is 1. The van der Waals surface area contributed by atoms with E-state index >= 15 is 0 Å². The fraction of sp³-hybridized carbons (Fsp3) is 0. The summed E-state index contributed by atoms with van der Waals surface area (Å²) in [5, 5.41) is 11.1. The van der Waals surface area contributed by atoms with E-state index in [1.807, 2.05) is 0 Å².